The van der Waals surface area contributed by atoms with Gasteiger partial charge in [-0.1, -0.05) is 67.8 Å². The standard InChI is InChI=1S/C33H40FN3O6S/c1-42-27-18-19-31(43-2)29(21-27)37(44(3,40)41)23-32(38)36(22-25-14-10-11-17-28(25)34)30(20-24-12-6-4-7-13-24)33(39)35-26-15-8-5-9-16-26/h4,6-7,10-14,17-19,21,26,30H,5,8-9,15-16,20,22-23H2,1-3H3,(H,35,39)/t30-/m1/s1. The molecule has 236 valence electrons. The number of amides is 2. The van der Waals surface area contributed by atoms with Crippen LogP contribution in [0.25, 0.3) is 0 Å². The molecule has 1 aliphatic carbocycles. The molecule has 0 aliphatic heterocycles. The second kappa shape index (κ2) is 15.1. The van der Waals surface area contributed by atoms with Gasteiger partial charge in [0.15, 0.2) is 0 Å². The first-order valence-corrected chi connectivity index (χ1v) is 16.5. The number of hydrogen-bond acceptors (Lipinski definition) is 6. The minimum Gasteiger partial charge on any atom is -0.497 e. The molecular weight excluding hydrogens is 585 g/mol. The van der Waals surface area contributed by atoms with E-state index in [2.05, 4.69) is 5.32 Å². The fourth-order valence-electron chi connectivity index (χ4n) is 5.49. The molecule has 4 rings (SSSR count). The summed E-state index contributed by atoms with van der Waals surface area (Å²) in [6.07, 6.45) is 5.91. The summed E-state index contributed by atoms with van der Waals surface area (Å²) in [5.41, 5.74) is 1.10. The first kappa shape index (κ1) is 32.8. The lowest BCUT2D eigenvalue weighted by Crippen LogP contribution is -2.55. The fourth-order valence-corrected chi connectivity index (χ4v) is 6.34. The van der Waals surface area contributed by atoms with Crippen LogP contribution in [0, 0.1) is 5.82 Å². The van der Waals surface area contributed by atoms with Gasteiger partial charge in [-0.2, -0.15) is 0 Å². The van der Waals surface area contributed by atoms with Gasteiger partial charge in [-0.3, -0.25) is 13.9 Å². The molecule has 1 atom stereocenters. The van der Waals surface area contributed by atoms with E-state index in [1.54, 1.807) is 30.3 Å². The molecule has 0 spiro atoms. The number of carbonyl (C=O) groups is 2. The number of anilines is 1. The van der Waals surface area contributed by atoms with E-state index < -0.39 is 34.3 Å². The lowest BCUT2D eigenvalue weighted by atomic mass is 9.94. The SMILES string of the molecule is COc1ccc(OC)c(N(CC(=O)N(Cc2ccccc2F)[C@H](Cc2ccccc2)C(=O)NC2CCCCC2)S(C)(=O)=O)c1. The quantitative estimate of drug-likeness (QED) is 0.295. The third-order valence-corrected chi connectivity index (χ3v) is 8.98. The van der Waals surface area contributed by atoms with Crippen LogP contribution in [0.15, 0.2) is 72.8 Å². The molecule has 1 aliphatic rings. The van der Waals surface area contributed by atoms with Crippen molar-refractivity contribution in [1.29, 1.82) is 0 Å². The molecule has 3 aromatic rings. The molecule has 0 saturated heterocycles. The number of carbonyl (C=O) groups excluding carboxylic acids is 2. The monoisotopic (exact) mass is 625 g/mol. The highest BCUT2D eigenvalue weighted by atomic mass is 32.2. The number of rotatable bonds is 13. The van der Waals surface area contributed by atoms with E-state index in [1.165, 1.54) is 31.3 Å². The predicted octanol–water partition coefficient (Wildman–Crippen LogP) is 4.70. The largest absolute Gasteiger partial charge is 0.497 e. The van der Waals surface area contributed by atoms with E-state index in [9.17, 15) is 18.0 Å². The average molecular weight is 626 g/mol. The van der Waals surface area contributed by atoms with Crippen LogP contribution in [0.4, 0.5) is 10.1 Å². The average Bonchev–Trinajstić information content (AvgIpc) is 3.02. The molecule has 0 unspecified atom stereocenters. The highest BCUT2D eigenvalue weighted by Gasteiger charge is 2.35. The number of ether oxygens (including phenoxy) is 2. The summed E-state index contributed by atoms with van der Waals surface area (Å²) < 4.78 is 52.9. The molecule has 3 aromatic carbocycles. The Hall–Kier alpha value is -4.12. The number of nitrogens with zero attached hydrogens (tertiary/aromatic N) is 2. The molecule has 0 aromatic heterocycles. The van der Waals surface area contributed by atoms with Crippen LogP contribution >= 0.6 is 0 Å². The summed E-state index contributed by atoms with van der Waals surface area (Å²) in [6.45, 7) is -0.896. The van der Waals surface area contributed by atoms with Crippen molar-refractivity contribution in [1.82, 2.24) is 10.2 Å². The molecular formula is C33H40FN3O6S. The number of methoxy groups -OCH3 is 2. The van der Waals surface area contributed by atoms with Gasteiger partial charge < -0.3 is 19.7 Å². The maximum Gasteiger partial charge on any atom is 0.244 e. The van der Waals surface area contributed by atoms with Gasteiger partial charge in [-0.15, -0.1) is 0 Å². The van der Waals surface area contributed by atoms with Crippen molar-refractivity contribution in [2.24, 2.45) is 0 Å². The van der Waals surface area contributed by atoms with Crippen molar-refractivity contribution in [2.45, 2.75) is 57.2 Å². The third-order valence-electron chi connectivity index (χ3n) is 7.86. The van der Waals surface area contributed by atoms with Gasteiger partial charge in [-0.05, 0) is 36.6 Å². The highest BCUT2D eigenvalue weighted by Crippen LogP contribution is 2.34. The second-order valence-electron chi connectivity index (χ2n) is 11.0. The number of benzene rings is 3. The zero-order valence-electron chi connectivity index (χ0n) is 25.4. The van der Waals surface area contributed by atoms with Gasteiger partial charge >= 0.3 is 0 Å². The third kappa shape index (κ3) is 8.49. The highest BCUT2D eigenvalue weighted by molar-refractivity contribution is 7.92. The molecule has 44 heavy (non-hydrogen) atoms. The Morgan fingerprint density at radius 2 is 1.64 bits per heavy atom. The number of sulfonamides is 1. The van der Waals surface area contributed by atoms with Gasteiger partial charge in [0.2, 0.25) is 21.8 Å². The van der Waals surface area contributed by atoms with Crippen LogP contribution in [-0.4, -0.2) is 64.2 Å². The summed E-state index contributed by atoms with van der Waals surface area (Å²) in [7, 11) is -1.20. The summed E-state index contributed by atoms with van der Waals surface area (Å²) in [5, 5.41) is 3.13. The van der Waals surface area contributed by atoms with Crippen molar-refractivity contribution >= 4 is 27.5 Å². The van der Waals surface area contributed by atoms with Crippen molar-refractivity contribution < 1.29 is 31.9 Å². The van der Waals surface area contributed by atoms with Gasteiger partial charge in [0.25, 0.3) is 0 Å². The summed E-state index contributed by atoms with van der Waals surface area (Å²) in [4.78, 5) is 29.6. The van der Waals surface area contributed by atoms with Crippen LogP contribution < -0.4 is 19.1 Å². The minimum absolute atomic E-state index is 0.0338. The molecule has 1 saturated carbocycles. The summed E-state index contributed by atoms with van der Waals surface area (Å²) in [6, 6.07) is 18.8. The Labute approximate surface area is 259 Å². The van der Waals surface area contributed by atoms with E-state index in [0.29, 0.717) is 5.75 Å². The molecule has 1 N–H and O–H groups in total. The molecule has 2 amide bonds. The Morgan fingerprint density at radius 1 is 0.955 bits per heavy atom. The van der Waals surface area contributed by atoms with Crippen LogP contribution in [0.1, 0.15) is 43.2 Å². The van der Waals surface area contributed by atoms with Gasteiger partial charge in [-0.25, -0.2) is 12.8 Å². The molecule has 0 radical (unpaired) electrons. The van der Waals surface area contributed by atoms with Crippen molar-refractivity contribution in [3.8, 4) is 11.5 Å². The zero-order chi connectivity index (χ0) is 31.7. The zero-order valence-corrected chi connectivity index (χ0v) is 26.2. The number of hydrogen-bond donors (Lipinski definition) is 1. The van der Waals surface area contributed by atoms with Gasteiger partial charge in [0.05, 0.1) is 26.2 Å². The maximum atomic E-state index is 15.0. The molecule has 0 bridgehead atoms. The Bertz CT molecular complexity index is 1530. The van der Waals surface area contributed by atoms with E-state index in [4.69, 9.17) is 9.47 Å². The van der Waals surface area contributed by atoms with Crippen LogP contribution in [0.5, 0.6) is 11.5 Å². The molecule has 9 nitrogen and oxygen atoms in total. The normalized spacial score (nSPS) is 14.4. The lowest BCUT2D eigenvalue weighted by molar-refractivity contribution is -0.140. The Morgan fingerprint density at radius 3 is 2.27 bits per heavy atom. The van der Waals surface area contributed by atoms with Crippen molar-refractivity contribution in [2.75, 3.05) is 31.3 Å². The first-order valence-electron chi connectivity index (χ1n) is 14.7. The lowest BCUT2D eigenvalue weighted by Gasteiger charge is -2.35. The second-order valence-corrected chi connectivity index (χ2v) is 12.9. The van der Waals surface area contributed by atoms with E-state index >= 15 is 4.39 Å². The topological polar surface area (TPSA) is 105 Å². The van der Waals surface area contributed by atoms with E-state index in [0.717, 1.165) is 48.2 Å². The molecule has 1 fully saturated rings. The Balaban J connectivity index is 1.77. The summed E-state index contributed by atoms with van der Waals surface area (Å²) >= 11 is 0. The van der Waals surface area contributed by atoms with Gasteiger partial charge in [0.1, 0.15) is 29.9 Å². The number of halogens is 1. The summed E-state index contributed by atoms with van der Waals surface area (Å²) in [5.74, 6) is -1.01. The number of nitrogens with one attached hydrogen (secondary N) is 1. The van der Waals surface area contributed by atoms with Crippen LogP contribution in [0.2, 0.25) is 0 Å². The van der Waals surface area contributed by atoms with Crippen LogP contribution in [0.3, 0.4) is 0 Å². The van der Waals surface area contributed by atoms with Crippen molar-refractivity contribution in [3.63, 3.8) is 0 Å². The Kier molecular flexibility index (Phi) is 11.2. The van der Waals surface area contributed by atoms with E-state index in [-0.39, 0.29) is 41.9 Å². The molecule has 11 heteroatoms. The van der Waals surface area contributed by atoms with Crippen molar-refractivity contribution in [3.05, 3.63) is 89.7 Å². The minimum atomic E-state index is -4.04. The smallest absolute Gasteiger partial charge is 0.244 e. The maximum absolute atomic E-state index is 15.0. The molecule has 0 heterocycles. The first-order chi connectivity index (χ1) is 21.1. The fraction of sp³-hybridized carbons (Fsp3) is 0.394. The van der Waals surface area contributed by atoms with Gasteiger partial charge in [0, 0.05) is 30.6 Å². The van der Waals surface area contributed by atoms with E-state index in [1.807, 2.05) is 30.3 Å². The van der Waals surface area contributed by atoms with Crippen LogP contribution in [-0.2, 0) is 32.6 Å². The predicted molar refractivity (Wildman–Crippen MR) is 168 cm³/mol.